The number of nitrogen functional groups attached to an aromatic ring is 1. The molecule has 0 aliphatic carbocycles. The van der Waals surface area contributed by atoms with Crippen LogP contribution in [0.5, 0.6) is 0 Å². The Labute approximate surface area is 130 Å². The van der Waals surface area contributed by atoms with Crippen LogP contribution in [0.3, 0.4) is 0 Å². The van der Waals surface area contributed by atoms with E-state index in [4.69, 9.17) is 17.3 Å². The number of aromatic nitrogens is 1. The summed E-state index contributed by atoms with van der Waals surface area (Å²) in [6.07, 6.45) is 0. The lowest BCUT2D eigenvalue weighted by Gasteiger charge is -2.05. The molecule has 0 radical (unpaired) electrons. The van der Waals surface area contributed by atoms with E-state index < -0.39 is 0 Å². The molecule has 0 fully saturated rings. The van der Waals surface area contributed by atoms with Crippen molar-refractivity contribution in [2.45, 2.75) is 0 Å². The summed E-state index contributed by atoms with van der Waals surface area (Å²) in [5.74, 6) is 0. The molecular formula is C17H11ClN2S. The minimum Gasteiger partial charge on any atom is -0.398 e. The zero-order valence-electron chi connectivity index (χ0n) is 11.0. The van der Waals surface area contributed by atoms with E-state index >= 15 is 0 Å². The number of hydrogen-bond donors (Lipinski definition) is 1. The van der Waals surface area contributed by atoms with Gasteiger partial charge in [0.1, 0.15) is 5.01 Å². The highest BCUT2D eigenvalue weighted by molar-refractivity contribution is 7.21. The zero-order chi connectivity index (χ0) is 14.4. The van der Waals surface area contributed by atoms with Gasteiger partial charge in [-0.2, -0.15) is 0 Å². The Kier molecular flexibility index (Phi) is 2.84. The van der Waals surface area contributed by atoms with Gasteiger partial charge in [-0.25, -0.2) is 4.98 Å². The van der Waals surface area contributed by atoms with Crippen LogP contribution in [0.4, 0.5) is 5.69 Å². The molecule has 0 spiro atoms. The minimum atomic E-state index is 0.700. The van der Waals surface area contributed by atoms with Crippen LogP contribution in [-0.4, -0.2) is 4.98 Å². The molecule has 4 heteroatoms. The van der Waals surface area contributed by atoms with Crippen molar-refractivity contribution in [1.82, 2.24) is 4.98 Å². The number of nitrogens with two attached hydrogens (primary N) is 1. The van der Waals surface area contributed by atoms with E-state index in [0.29, 0.717) is 5.02 Å². The predicted molar refractivity (Wildman–Crippen MR) is 92.0 cm³/mol. The van der Waals surface area contributed by atoms with Crippen molar-refractivity contribution in [3.05, 3.63) is 59.6 Å². The molecule has 0 bridgehead atoms. The topological polar surface area (TPSA) is 38.9 Å². The summed E-state index contributed by atoms with van der Waals surface area (Å²) < 4.78 is 1.11. The molecule has 3 aromatic carbocycles. The van der Waals surface area contributed by atoms with Gasteiger partial charge in [-0.05, 0) is 41.1 Å². The van der Waals surface area contributed by atoms with Crippen LogP contribution in [0.1, 0.15) is 0 Å². The van der Waals surface area contributed by atoms with E-state index in [1.807, 2.05) is 36.4 Å². The van der Waals surface area contributed by atoms with Gasteiger partial charge in [0.2, 0.25) is 0 Å². The molecule has 2 nitrogen and oxygen atoms in total. The third-order valence-electron chi connectivity index (χ3n) is 3.50. The lowest BCUT2D eigenvalue weighted by Crippen LogP contribution is -1.90. The number of rotatable bonds is 1. The minimum absolute atomic E-state index is 0.700. The highest BCUT2D eigenvalue weighted by Crippen LogP contribution is 2.36. The number of anilines is 1. The molecule has 102 valence electrons. The van der Waals surface area contributed by atoms with E-state index in [0.717, 1.165) is 31.9 Å². The van der Waals surface area contributed by atoms with Gasteiger partial charge in [-0.3, -0.25) is 0 Å². The molecule has 1 aromatic heterocycles. The van der Waals surface area contributed by atoms with Crippen LogP contribution in [-0.2, 0) is 0 Å². The maximum Gasteiger partial charge on any atom is 0.126 e. The van der Waals surface area contributed by atoms with E-state index in [1.165, 1.54) is 5.39 Å². The number of thiazole rings is 1. The molecule has 0 saturated carbocycles. The van der Waals surface area contributed by atoms with Crippen molar-refractivity contribution in [2.75, 3.05) is 5.73 Å². The molecule has 0 amide bonds. The molecule has 4 rings (SSSR count). The van der Waals surface area contributed by atoms with Crippen LogP contribution in [0.2, 0.25) is 5.02 Å². The SMILES string of the molecule is Nc1cc2ccccc2cc1-c1nc2cc(Cl)ccc2s1. The number of benzene rings is 3. The van der Waals surface area contributed by atoms with Gasteiger partial charge in [0.25, 0.3) is 0 Å². The van der Waals surface area contributed by atoms with Gasteiger partial charge in [0.05, 0.1) is 10.2 Å². The summed E-state index contributed by atoms with van der Waals surface area (Å²) in [6.45, 7) is 0. The summed E-state index contributed by atoms with van der Waals surface area (Å²) in [5, 5.41) is 3.93. The van der Waals surface area contributed by atoms with E-state index in [-0.39, 0.29) is 0 Å². The van der Waals surface area contributed by atoms with Crippen molar-refractivity contribution in [1.29, 1.82) is 0 Å². The molecule has 4 aromatic rings. The second kappa shape index (κ2) is 4.72. The molecular weight excluding hydrogens is 300 g/mol. The first kappa shape index (κ1) is 12.6. The second-order valence-corrected chi connectivity index (χ2v) is 6.38. The Morgan fingerprint density at radius 1 is 0.952 bits per heavy atom. The van der Waals surface area contributed by atoms with E-state index in [1.54, 1.807) is 11.3 Å². The Morgan fingerprint density at radius 3 is 2.52 bits per heavy atom. The first-order valence-electron chi connectivity index (χ1n) is 6.55. The summed E-state index contributed by atoms with van der Waals surface area (Å²) in [5.41, 5.74) is 8.85. The molecule has 1 heterocycles. The van der Waals surface area contributed by atoms with Gasteiger partial charge in [0.15, 0.2) is 0 Å². The number of hydrogen-bond acceptors (Lipinski definition) is 3. The third kappa shape index (κ3) is 2.15. The van der Waals surface area contributed by atoms with Crippen molar-refractivity contribution >= 4 is 49.6 Å². The van der Waals surface area contributed by atoms with Crippen LogP contribution in [0.15, 0.2) is 54.6 Å². The Morgan fingerprint density at radius 2 is 1.71 bits per heavy atom. The van der Waals surface area contributed by atoms with Crippen molar-refractivity contribution in [2.24, 2.45) is 0 Å². The standard InChI is InChI=1S/C17H11ClN2S/c18-12-5-6-16-15(9-12)20-17(21-16)13-7-10-3-1-2-4-11(10)8-14(13)19/h1-9H,19H2. The van der Waals surface area contributed by atoms with Gasteiger partial charge in [-0.15, -0.1) is 11.3 Å². The summed E-state index contributed by atoms with van der Waals surface area (Å²) in [7, 11) is 0. The normalized spacial score (nSPS) is 11.3. The molecule has 0 aliphatic heterocycles. The molecule has 0 saturated heterocycles. The van der Waals surface area contributed by atoms with Gasteiger partial charge >= 0.3 is 0 Å². The van der Waals surface area contributed by atoms with Gasteiger partial charge in [-0.1, -0.05) is 35.9 Å². The zero-order valence-corrected chi connectivity index (χ0v) is 12.6. The molecule has 0 atom stereocenters. The number of halogens is 1. The Hall–Kier alpha value is -2.10. The van der Waals surface area contributed by atoms with Crippen LogP contribution >= 0.6 is 22.9 Å². The summed E-state index contributed by atoms with van der Waals surface area (Å²) in [6, 6.07) is 18.1. The predicted octanol–water partition coefficient (Wildman–Crippen LogP) is 5.35. The summed E-state index contributed by atoms with van der Waals surface area (Å²) >= 11 is 7.66. The van der Waals surface area contributed by atoms with Crippen LogP contribution in [0, 0.1) is 0 Å². The van der Waals surface area contributed by atoms with Crippen molar-refractivity contribution in [3.8, 4) is 10.6 Å². The average Bonchev–Trinajstić information content (AvgIpc) is 2.89. The molecule has 0 aliphatic rings. The highest BCUT2D eigenvalue weighted by atomic mass is 35.5. The first-order chi connectivity index (χ1) is 10.2. The van der Waals surface area contributed by atoms with Crippen LogP contribution < -0.4 is 5.73 Å². The fourth-order valence-corrected chi connectivity index (χ4v) is 3.61. The summed E-state index contributed by atoms with van der Waals surface area (Å²) in [4.78, 5) is 4.67. The fraction of sp³-hybridized carbons (Fsp3) is 0. The lowest BCUT2D eigenvalue weighted by atomic mass is 10.1. The third-order valence-corrected chi connectivity index (χ3v) is 4.80. The highest BCUT2D eigenvalue weighted by Gasteiger charge is 2.10. The quantitative estimate of drug-likeness (QED) is 0.481. The second-order valence-electron chi connectivity index (χ2n) is 4.92. The average molecular weight is 311 g/mol. The molecule has 0 unspecified atom stereocenters. The smallest absolute Gasteiger partial charge is 0.126 e. The number of nitrogens with zero attached hydrogens (tertiary/aromatic N) is 1. The molecule has 2 N–H and O–H groups in total. The van der Waals surface area contributed by atoms with Crippen LogP contribution in [0.25, 0.3) is 31.6 Å². The fourth-order valence-electron chi connectivity index (χ4n) is 2.46. The first-order valence-corrected chi connectivity index (χ1v) is 7.75. The maximum atomic E-state index is 6.21. The Bertz CT molecular complexity index is 975. The monoisotopic (exact) mass is 310 g/mol. The van der Waals surface area contributed by atoms with Crippen molar-refractivity contribution < 1.29 is 0 Å². The van der Waals surface area contributed by atoms with Crippen molar-refractivity contribution in [3.63, 3.8) is 0 Å². The van der Waals surface area contributed by atoms with E-state index in [9.17, 15) is 0 Å². The lowest BCUT2D eigenvalue weighted by molar-refractivity contribution is 1.48. The van der Waals surface area contributed by atoms with Gasteiger partial charge in [0, 0.05) is 16.3 Å². The molecule has 21 heavy (non-hydrogen) atoms. The maximum absolute atomic E-state index is 6.21. The number of fused-ring (bicyclic) bond motifs is 2. The Balaban J connectivity index is 1.96. The van der Waals surface area contributed by atoms with Gasteiger partial charge < -0.3 is 5.73 Å². The largest absolute Gasteiger partial charge is 0.398 e. The van der Waals surface area contributed by atoms with E-state index in [2.05, 4.69) is 23.2 Å².